The number of aliphatic carboxylic acids is 1. The quantitative estimate of drug-likeness (QED) is 0.391. The molecule has 2 aromatic carbocycles. The van der Waals surface area contributed by atoms with E-state index in [-0.39, 0.29) is 23.5 Å². The maximum atomic E-state index is 14.5. The number of pyridine rings is 1. The molecule has 3 aromatic rings. The van der Waals surface area contributed by atoms with Crippen molar-refractivity contribution in [2.75, 3.05) is 7.11 Å². The van der Waals surface area contributed by atoms with Crippen molar-refractivity contribution >= 4 is 12.3 Å². The van der Waals surface area contributed by atoms with Crippen LogP contribution in [0, 0.1) is 17.7 Å². The number of nitrogens with zero attached hydrogens (tertiary/aromatic N) is 1. The Kier molecular flexibility index (Phi) is 6.48. The molecule has 7 heteroatoms. The van der Waals surface area contributed by atoms with Gasteiger partial charge >= 0.3 is 5.97 Å². The van der Waals surface area contributed by atoms with Crippen LogP contribution in [0.2, 0.25) is 0 Å². The molecule has 5 rings (SSSR count). The van der Waals surface area contributed by atoms with Crippen LogP contribution < -0.4 is 9.47 Å². The summed E-state index contributed by atoms with van der Waals surface area (Å²) in [6, 6.07) is 12.9. The van der Waals surface area contributed by atoms with E-state index in [1.807, 2.05) is 24.3 Å². The number of hydrogen-bond acceptors (Lipinski definition) is 5. The fourth-order valence-electron chi connectivity index (χ4n) is 5.27. The zero-order valence-corrected chi connectivity index (χ0v) is 20.2. The molecule has 0 spiro atoms. The van der Waals surface area contributed by atoms with Gasteiger partial charge in [-0.2, -0.15) is 0 Å². The Bertz CT molecular complexity index is 1320. The number of carboxylic acid groups (broad SMARTS) is 1. The van der Waals surface area contributed by atoms with E-state index in [1.165, 1.54) is 13.2 Å². The fraction of sp³-hybridized carbons (Fsp3) is 0.345. The SMILES string of the molecule is COc1cc(-c2ccc(C3CCc4ccc([C@H](C5CC5)[C@H](C)C(=O)O)cc4O3)cc2C=O)c(F)cn1. The summed E-state index contributed by atoms with van der Waals surface area (Å²) in [6.45, 7) is 1.78. The molecular formula is C29H28FNO5. The van der Waals surface area contributed by atoms with Crippen LogP contribution >= 0.6 is 0 Å². The summed E-state index contributed by atoms with van der Waals surface area (Å²) in [6.07, 6.45) is 5.16. The Morgan fingerprint density at radius 2 is 1.97 bits per heavy atom. The number of aromatic nitrogens is 1. The molecule has 3 atom stereocenters. The number of aldehydes is 1. The zero-order valence-electron chi connectivity index (χ0n) is 20.2. The summed E-state index contributed by atoms with van der Waals surface area (Å²) in [5.41, 5.74) is 3.97. The van der Waals surface area contributed by atoms with E-state index in [2.05, 4.69) is 4.98 Å². The molecule has 0 bridgehead atoms. The minimum absolute atomic E-state index is 0.0371. The summed E-state index contributed by atoms with van der Waals surface area (Å²) >= 11 is 0. The van der Waals surface area contributed by atoms with Crippen LogP contribution in [0.4, 0.5) is 4.39 Å². The van der Waals surface area contributed by atoms with Crippen molar-refractivity contribution in [3.05, 3.63) is 76.7 Å². The van der Waals surface area contributed by atoms with E-state index in [4.69, 9.17) is 9.47 Å². The first-order valence-corrected chi connectivity index (χ1v) is 12.2. The highest BCUT2D eigenvalue weighted by Gasteiger charge is 2.39. The smallest absolute Gasteiger partial charge is 0.306 e. The van der Waals surface area contributed by atoms with Crippen molar-refractivity contribution in [2.45, 2.75) is 44.6 Å². The van der Waals surface area contributed by atoms with Crippen molar-refractivity contribution < 1.29 is 28.6 Å². The molecule has 6 nitrogen and oxygen atoms in total. The zero-order chi connectivity index (χ0) is 25.4. The fourth-order valence-corrected chi connectivity index (χ4v) is 5.27. The summed E-state index contributed by atoms with van der Waals surface area (Å²) in [5.74, 6) is -0.417. The second kappa shape index (κ2) is 9.72. The van der Waals surface area contributed by atoms with E-state index in [0.717, 1.165) is 54.3 Å². The predicted octanol–water partition coefficient (Wildman–Crippen LogP) is 5.99. The van der Waals surface area contributed by atoms with E-state index in [9.17, 15) is 19.1 Å². The third kappa shape index (κ3) is 4.57. The van der Waals surface area contributed by atoms with Gasteiger partial charge in [-0.15, -0.1) is 0 Å². The first-order chi connectivity index (χ1) is 17.4. The molecule has 36 heavy (non-hydrogen) atoms. The van der Waals surface area contributed by atoms with Crippen LogP contribution in [0.3, 0.4) is 0 Å². The van der Waals surface area contributed by atoms with Crippen LogP contribution in [0.1, 0.15) is 65.3 Å². The first kappa shape index (κ1) is 24.0. The third-order valence-corrected chi connectivity index (χ3v) is 7.38. The maximum Gasteiger partial charge on any atom is 0.306 e. The number of carbonyl (C=O) groups excluding carboxylic acids is 1. The Hall–Kier alpha value is -3.74. The van der Waals surface area contributed by atoms with Crippen LogP contribution in [-0.2, 0) is 11.2 Å². The van der Waals surface area contributed by atoms with Crippen LogP contribution in [0.25, 0.3) is 11.1 Å². The Balaban J connectivity index is 1.44. The third-order valence-electron chi connectivity index (χ3n) is 7.38. The standard InChI is InChI=1S/C29H28FNO5/c1-16(29(33)34)28(18-4-5-18)20-6-3-17-8-10-25(36-26(17)12-20)19-7-9-22(21(11-19)15-32)23-13-27(35-2)31-14-24(23)30/h3,6-7,9,11-16,18,25,28H,4-5,8,10H2,1-2H3,(H,33,34)/t16-,25?,28-/m0/s1. The van der Waals surface area contributed by atoms with Crippen molar-refractivity contribution in [1.29, 1.82) is 0 Å². The largest absolute Gasteiger partial charge is 0.485 e. The Morgan fingerprint density at radius 3 is 2.67 bits per heavy atom. The number of halogens is 1. The van der Waals surface area contributed by atoms with Crippen LogP contribution in [0.15, 0.2) is 48.7 Å². The molecule has 0 radical (unpaired) electrons. The highest BCUT2D eigenvalue weighted by Crippen LogP contribution is 2.48. The molecule has 0 saturated heterocycles. The normalized spacial score (nSPS) is 18.5. The van der Waals surface area contributed by atoms with Gasteiger partial charge in [-0.3, -0.25) is 9.59 Å². The molecular weight excluding hydrogens is 461 g/mol. The molecule has 2 heterocycles. The highest BCUT2D eigenvalue weighted by molar-refractivity contribution is 5.88. The molecule has 1 unspecified atom stereocenters. The van der Waals surface area contributed by atoms with E-state index >= 15 is 0 Å². The lowest BCUT2D eigenvalue weighted by Crippen LogP contribution is -2.21. The molecule has 1 aromatic heterocycles. The van der Waals surface area contributed by atoms with Crippen LogP contribution in [-0.4, -0.2) is 29.5 Å². The molecule has 2 aliphatic rings. The van der Waals surface area contributed by atoms with Gasteiger partial charge in [-0.05, 0) is 71.9 Å². The van der Waals surface area contributed by atoms with E-state index in [0.29, 0.717) is 23.3 Å². The number of aryl methyl sites for hydroxylation is 1. The van der Waals surface area contributed by atoms with Crippen molar-refractivity contribution in [3.8, 4) is 22.8 Å². The van der Waals surface area contributed by atoms with Gasteiger partial charge in [0.25, 0.3) is 0 Å². The monoisotopic (exact) mass is 489 g/mol. The molecule has 1 saturated carbocycles. The number of benzene rings is 2. The highest BCUT2D eigenvalue weighted by atomic mass is 19.1. The van der Waals surface area contributed by atoms with Gasteiger partial charge in [0.05, 0.1) is 19.2 Å². The van der Waals surface area contributed by atoms with Gasteiger partial charge in [0.15, 0.2) is 6.29 Å². The lowest BCUT2D eigenvalue weighted by Gasteiger charge is -2.29. The Morgan fingerprint density at radius 1 is 1.17 bits per heavy atom. The van der Waals surface area contributed by atoms with Gasteiger partial charge in [-0.25, -0.2) is 9.37 Å². The van der Waals surface area contributed by atoms with Crippen molar-refractivity contribution in [2.24, 2.45) is 11.8 Å². The summed E-state index contributed by atoms with van der Waals surface area (Å²) in [5, 5.41) is 9.63. The number of fused-ring (bicyclic) bond motifs is 1. The number of carboxylic acids is 1. The number of rotatable bonds is 8. The summed E-state index contributed by atoms with van der Waals surface area (Å²) < 4.78 is 26.0. The number of carbonyl (C=O) groups is 2. The van der Waals surface area contributed by atoms with Gasteiger partial charge < -0.3 is 14.6 Å². The van der Waals surface area contributed by atoms with Crippen molar-refractivity contribution in [1.82, 2.24) is 4.98 Å². The summed E-state index contributed by atoms with van der Waals surface area (Å²) in [7, 11) is 1.45. The molecule has 0 amide bonds. The molecule has 1 aliphatic carbocycles. The van der Waals surface area contributed by atoms with Gasteiger partial charge in [0, 0.05) is 17.2 Å². The number of hydrogen-bond donors (Lipinski definition) is 1. The van der Waals surface area contributed by atoms with Crippen LogP contribution in [0.5, 0.6) is 11.6 Å². The molecule has 1 N–H and O–H groups in total. The maximum absolute atomic E-state index is 14.5. The van der Waals surface area contributed by atoms with E-state index < -0.39 is 17.7 Å². The Labute approximate surface area is 209 Å². The van der Waals surface area contributed by atoms with Gasteiger partial charge in [0.1, 0.15) is 17.7 Å². The molecule has 1 fully saturated rings. The average molecular weight is 490 g/mol. The number of methoxy groups -OCH3 is 1. The first-order valence-electron chi connectivity index (χ1n) is 12.2. The van der Waals surface area contributed by atoms with Gasteiger partial charge in [-0.1, -0.05) is 31.2 Å². The minimum atomic E-state index is -0.784. The molecule has 186 valence electrons. The average Bonchev–Trinajstić information content (AvgIpc) is 3.73. The van der Waals surface area contributed by atoms with Crippen molar-refractivity contribution in [3.63, 3.8) is 0 Å². The predicted molar refractivity (Wildman–Crippen MR) is 132 cm³/mol. The molecule has 1 aliphatic heterocycles. The lowest BCUT2D eigenvalue weighted by molar-refractivity contribution is -0.142. The topological polar surface area (TPSA) is 85.7 Å². The second-order valence-electron chi connectivity index (χ2n) is 9.67. The van der Waals surface area contributed by atoms with E-state index in [1.54, 1.807) is 19.1 Å². The summed E-state index contributed by atoms with van der Waals surface area (Å²) in [4.78, 5) is 27.5. The minimum Gasteiger partial charge on any atom is -0.485 e. The number of ether oxygens (including phenoxy) is 2. The second-order valence-corrected chi connectivity index (χ2v) is 9.67. The lowest BCUT2D eigenvalue weighted by atomic mass is 9.82. The van der Waals surface area contributed by atoms with Gasteiger partial charge in [0.2, 0.25) is 5.88 Å².